The Hall–Kier alpha value is -6.88. The molecular weight excluding hydrogens is 677 g/mol. The van der Waals surface area contributed by atoms with Crippen LogP contribution in [0, 0.1) is 0 Å². The van der Waals surface area contributed by atoms with E-state index < -0.39 is 0 Å². The summed E-state index contributed by atoms with van der Waals surface area (Å²) in [4.78, 5) is 4.86. The third-order valence-electron chi connectivity index (χ3n) is 10.6. The van der Waals surface area contributed by atoms with Crippen molar-refractivity contribution in [3.8, 4) is 0 Å². The van der Waals surface area contributed by atoms with E-state index in [-0.39, 0.29) is 0 Å². The van der Waals surface area contributed by atoms with Crippen molar-refractivity contribution in [2.24, 2.45) is 0 Å². The van der Waals surface area contributed by atoms with Gasteiger partial charge in [-0.1, -0.05) is 121 Å². The Kier molecular flexibility index (Phi) is 7.04. The molecule has 0 aliphatic rings. The lowest BCUT2D eigenvalue weighted by Gasteiger charge is -2.31. The van der Waals surface area contributed by atoms with Gasteiger partial charge in [-0.15, -0.1) is 11.3 Å². The number of rotatable bonds is 6. The SMILES string of the molecule is c1ccc(N(c2cccc3oc4ccccc4c23)c2cc(N(c3ccc4ccccc4c3)c3ccc4ccccc4c3)cc3sc4ccccc4c23)cc1. The number of anilines is 6. The lowest BCUT2D eigenvalue weighted by Crippen LogP contribution is -2.14. The van der Waals surface area contributed by atoms with Gasteiger partial charge in [0.2, 0.25) is 0 Å². The summed E-state index contributed by atoms with van der Waals surface area (Å²) in [6.45, 7) is 0. The maximum Gasteiger partial charge on any atom is 0.137 e. The molecule has 0 amide bonds. The standard InChI is InChI=1S/C50H32N2OS/c1-2-17-37(18-3-1)52(43-21-12-23-46-49(43)41-19-8-10-22-45(41)53-46)44-31-40(32-48-50(44)42-20-9-11-24-47(42)54-48)51(38-27-25-33-13-4-6-15-35(33)29-38)39-28-26-34-14-5-7-16-36(34)30-39/h1-32H. The number of hydrogen-bond donors (Lipinski definition) is 0. The first-order valence-corrected chi connectivity index (χ1v) is 19.1. The minimum atomic E-state index is 0.867. The zero-order chi connectivity index (χ0) is 35.6. The van der Waals surface area contributed by atoms with Crippen molar-refractivity contribution in [1.82, 2.24) is 0 Å². The van der Waals surface area contributed by atoms with E-state index in [0.717, 1.165) is 56.1 Å². The van der Waals surface area contributed by atoms with Crippen molar-refractivity contribution in [3.63, 3.8) is 0 Å². The highest BCUT2D eigenvalue weighted by Crippen LogP contribution is 2.51. The molecule has 0 spiro atoms. The zero-order valence-electron chi connectivity index (χ0n) is 29.2. The molecule has 3 nitrogen and oxygen atoms in total. The van der Waals surface area contributed by atoms with Crippen LogP contribution in [-0.2, 0) is 0 Å². The number of hydrogen-bond acceptors (Lipinski definition) is 4. The Labute approximate surface area is 316 Å². The van der Waals surface area contributed by atoms with E-state index in [0.29, 0.717) is 0 Å². The fourth-order valence-electron chi connectivity index (χ4n) is 8.13. The second-order valence-electron chi connectivity index (χ2n) is 13.8. The molecule has 0 aliphatic carbocycles. The zero-order valence-corrected chi connectivity index (χ0v) is 30.0. The molecule has 2 aromatic heterocycles. The van der Waals surface area contributed by atoms with Gasteiger partial charge in [0.15, 0.2) is 0 Å². The first-order valence-electron chi connectivity index (χ1n) is 18.3. The topological polar surface area (TPSA) is 19.6 Å². The Bertz CT molecular complexity index is 3120. The molecule has 11 aromatic rings. The van der Waals surface area contributed by atoms with E-state index in [2.05, 4.69) is 198 Å². The van der Waals surface area contributed by atoms with Crippen LogP contribution >= 0.6 is 11.3 Å². The molecule has 0 fully saturated rings. The summed E-state index contributed by atoms with van der Waals surface area (Å²) in [5, 5.41) is 9.50. The summed E-state index contributed by atoms with van der Waals surface area (Å²) < 4.78 is 8.95. The third-order valence-corrected chi connectivity index (χ3v) is 11.7. The van der Waals surface area contributed by atoms with Gasteiger partial charge in [0.05, 0.1) is 16.8 Å². The van der Waals surface area contributed by atoms with Crippen molar-refractivity contribution >= 4 is 109 Å². The van der Waals surface area contributed by atoms with Gasteiger partial charge in [-0.25, -0.2) is 0 Å². The second kappa shape index (κ2) is 12.4. The van der Waals surface area contributed by atoms with Crippen molar-refractivity contribution < 1.29 is 4.42 Å². The molecular formula is C50H32N2OS. The van der Waals surface area contributed by atoms with Crippen molar-refractivity contribution in [2.75, 3.05) is 9.80 Å². The largest absolute Gasteiger partial charge is 0.456 e. The fraction of sp³-hybridized carbons (Fsp3) is 0. The van der Waals surface area contributed by atoms with Crippen LogP contribution in [0.4, 0.5) is 34.1 Å². The van der Waals surface area contributed by atoms with Gasteiger partial charge in [0, 0.05) is 48.3 Å². The van der Waals surface area contributed by atoms with Crippen LogP contribution in [0.5, 0.6) is 0 Å². The molecule has 2 heterocycles. The Balaban J connectivity index is 1.25. The highest BCUT2D eigenvalue weighted by Gasteiger charge is 2.25. The molecule has 0 N–H and O–H groups in total. The minimum Gasteiger partial charge on any atom is -0.456 e. The van der Waals surface area contributed by atoms with Gasteiger partial charge in [0.25, 0.3) is 0 Å². The van der Waals surface area contributed by atoms with E-state index in [1.165, 1.54) is 41.7 Å². The Morgan fingerprint density at radius 2 is 0.944 bits per heavy atom. The summed E-state index contributed by atoms with van der Waals surface area (Å²) >= 11 is 1.85. The van der Waals surface area contributed by atoms with Crippen LogP contribution in [0.3, 0.4) is 0 Å². The van der Waals surface area contributed by atoms with Crippen LogP contribution in [0.1, 0.15) is 0 Å². The molecule has 0 saturated carbocycles. The summed E-state index contributed by atoms with van der Waals surface area (Å²) in [6, 6.07) is 69.9. The fourth-order valence-corrected chi connectivity index (χ4v) is 9.29. The molecule has 0 atom stereocenters. The molecule has 0 bridgehead atoms. The van der Waals surface area contributed by atoms with Crippen LogP contribution < -0.4 is 9.80 Å². The summed E-state index contributed by atoms with van der Waals surface area (Å²) in [7, 11) is 0. The van der Waals surface area contributed by atoms with E-state index >= 15 is 0 Å². The summed E-state index contributed by atoms with van der Waals surface area (Å²) in [5.41, 5.74) is 8.29. The predicted molar refractivity (Wildman–Crippen MR) is 231 cm³/mol. The minimum absolute atomic E-state index is 0.867. The number of benzene rings is 9. The molecule has 11 rings (SSSR count). The smallest absolute Gasteiger partial charge is 0.137 e. The third kappa shape index (κ3) is 4.96. The highest BCUT2D eigenvalue weighted by atomic mass is 32.1. The Morgan fingerprint density at radius 3 is 1.69 bits per heavy atom. The monoisotopic (exact) mass is 708 g/mol. The van der Waals surface area contributed by atoms with E-state index in [9.17, 15) is 0 Å². The number of fused-ring (bicyclic) bond motifs is 8. The van der Waals surface area contributed by atoms with Gasteiger partial charge in [-0.2, -0.15) is 0 Å². The second-order valence-corrected chi connectivity index (χ2v) is 14.8. The van der Waals surface area contributed by atoms with Gasteiger partial charge >= 0.3 is 0 Å². The van der Waals surface area contributed by atoms with Gasteiger partial charge in [-0.05, 0) is 94.3 Å². The summed E-state index contributed by atoms with van der Waals surface area (Å²) in [6.07, 6.45) is 0. The number of para-hydroxylation sites is 2. The van der Waals surface area contributed by atoms with Gasteiger partial charge in [-0.3, -0.25) is 0 Å². The predicted octanol–water partition coefficient (Wildman–Crippen LogP) is 15.2. The molecule has 0 radical (unpaired) electrons. The van der Waals surface area contributed by atoms with Gasteiger partial charge in [0.1, 0.15) is 11.2 Å². The maximum atomic E-state index is 6.47. The Morgan fingerprint density at radius 1 is 0.333 bits per heavy atom. The number of nitrogens with zero attached hydrogens (tertiary/aromatic N) is 2. The lowest BCUT2D eigenvalue weighted by atomic mass is 10.0. The maximum absolute atomic E-state index is 6.47. The van der Waals surface area contributed by atoms with Crippen LogP contribution in [-0.4, -0.2) is 0 Å². The molecule has 54 heavy (non-hydrogen) atoms. The van der Waals surface area contributed by atoms with Crippen molar-refractivity contribution in [1.29, 1.82) is 0 Å². The van der Waals surface area contributed by atoms with Crippen molar-refractivity contribution in [3.05, 3.63) is 194 Å². The highest BCUT2D eigenvalue weighted by molar-refractivity contribution is 7.26. The number of thiophene rings is 1. The molecule has 0 aliphatic heterocycles. The first-order chi connectivity index (χ1) is 26.8. The van der Waals surface area contributed by atoms with Crippen molar-refractivity contribution in [2.45, 2.75) is 0 Å². The van der Waals surface area contributed by atoms with E-state index in [1.54, 1.807) is 0 Å². The molecule has 4 heteroatoms. The normalized spacial score (nSPS) is 11.7. The average molecular weight is 709 g/mol. The van der Waals surface area contributed by atoms with E-state index in [1.807, 2.05) is 17.4 Å². The quantitative estimate of drug-likeness (QED) is 0.171. The van der Waals surface area contributed by atoms with E-state index in [4.69, 9.17) is 4.42 Å². The molecule has 9 aromatic carbocycles. The lowest BCUT2D eigenvalue weighted by molar-refractivity contribution is 0.669. The van der Waals surface area contributed by atoms with Crippen LogP contribution in [0.2, 0.25) is 0 Å². The van der Waals surface area contributed by atoms with Crippen LogP contribution in [0.25, 0.3) is 63.7 Å². The summed E-state index contributed by atoms with van der Waals surface area (Å²) in [5.74, 6) is 0. The van der Waals surface area contributed by atoms with Crippen LogP contribution in [0.15, 0.2) is 199 Å². The van der Waals surface area contributed by atoms with Gasteiger partial charge < -0.3 is 14.2 Å². The first kappa shape index (κ1) is 30.7. The average Bonchev–Trinajstić information content (AvgIpc) is 3.80. The number of furan rings is 1. The molecule has 254 valence electrons. The molecule has 0 saturated heterocycles. The molecule has 0 unspecified atom stereocenters.